The van der Waals surface area contributed by atoms with E-state index in [2.05, 4.69) is 160 Å². The fourth-order valence-electron chi connectivity index (χ4n) is 15.7. The minimum atomic E-state index is 0.0929. The van der Waals surface area contributed by atoms with Crippen LogP contribution in [0, 0.1) is 0 Å². The van der Waals surface area contributed by atoms with Crippen molar-refractivity contribution in [3.63, 3.8) is 0 Å². The zero-order chi connectivity index (χ0) is 48.8. The molecule has 2 heteroatoms. The molecule has 4 bridgehead atoms. The number of rotatable bonds is 23. The Morgan fingerprint density at radius 3 is 1.00 bits per heavy atom. The van der Waals surface area contributed by atoms with Gasteiger partial charge in [-0.1, -0.05) is 228 Å². The van der Waals surface area contributed by atoms with Crippen LogP contribution in [0.2, 0.25) is 0 Å². The maximum atomic E-state index is 2.76. The fourth-order valence-corrected chi connectivity index (χ4v) is 18.7. The van der Waals surface area contributed by atoms with Crippen LogP contribution in [-0.4, -0.2) is 0 Å². The van der Waals surface area contributed by atoms with Gasteiger partial charge < -0.3 is 0 Å². The standard InChI is InChI=1S/C70H82S2/c1-5-9-13-21-41-69(42-22-14-10-6-2)57-27-19-17-25-53(57)55-39-37-51(45-59(55)69)65-61-47-29-33-49(34-30-47)63(61)67(71-65)68-64-50-35-31-48(32-36-50)62(64)66(72-68)52-38-40-56-54-26-18-20-28-58(54)70(60(56)46-52,43-23-15-11-7-3)44-24-16-12-8-4/h17-20,25-29,31,33,35,37-40,45-50H,5-16,21-24,30,32,34,36,41-44H2,1-4H3. The monoisotopic (exact) mass is 987 g/mol. The number of thiophene rings is 2. The summed E-state index contributed by atoms with van der Waals surface area (Å²) >= 11 is 4.40. The van der Waals surface area contributed by atoms with E-state index in [1.54, 1.807) is 64.0 Å². The molecule has 6 aromatic rings. The van der Waals surface area contributed by atoms with Crippen molar-refractivity contribution in [1.82, 2.24) is 0 Å². The molecule has 0 spiro atoms. The van der Waals surface area contributed by atoms with Crippen molar-refractivity contribution < 1.29 is 0 Å². The van der Waals surface area contributed by atoms with E-state index in [9.17, 15) is 0 Å². The van der Waals surface area contributed by atoms with Gasteiger partial charge in [0.15, 0.2) is 0 Å². The molecule has 14 rings (SSSR count). The maximum absolute atomic E-state index is 2.76. The van der Waals surface area contributed by atoms with E-state index in [-0.39, 0.29) is 10.8 Å². The molecule has 4 atom stereocenters. The van der Waals surface area contributed by atoms with Gasteiger partial charge in [0, 0.05) is 54.0 Å². The van der Waals surface area contributed by atoms with Gasteiger partial charge in [-0.2, -0.15) is 0 Å². The first kappa shape index (κ1) is 48.7. The smallest absolute Gasteiger partial charge is 0.0493 e. The first-order chi connectivity index (χ1) is 35.5. The van der Waals surface area contributed by atoms with Crippen LogP contribution in [0.25, 0.3) is 52.9 Å². The van der Waals surface area contributed by atoms with Gasteiger partial charge in [-0.05, 0) is 141 Å². The van der Waals surface area contributed by atoms with Crippen molar-refractivity contribution in [3.05, 3.63) is 154 Å². The Bertz CT molecular complexity index is 2750. The molecule has 0 saturated heterocycles. The molecule has 374 valence electrons. The molecule has 0 radical (unpaired) electrons. The van der Waals surface area contributed by atoms with E-state index in [0.717, 1.165) is 0 Å². The lowest BCUT2D eigenvalue weighted by Crippen LogP contribution is -2.25. The van der Waals surface area contributed by atoms with Crippen LogP contribution in [0.5, 0.6) is 0 Å². The van der Waals surface area contributed by atoms with E-state index in [0.29, 0.717) is 23.7 Å². The molecule has 0 fully saturated rings. The molecular weight excluding hydrogens is 905 g/mol. The summed E-state index contributed by atoms with van der Waals surface area (Å²) in [6.45, 7) is 9.45. The molecule has 72 heavy (non-hydrogen) atoms. The van der Waals surface area contributed by atoms with Gasteiger partial charge in [0.2, 0.25) is 0 Å². The summed E-state index contributed by atoms with van der Waals surface area (Å²) in [5.74, 6) is 2.04. The normalized spacial score (nSPS) is 20.7. The number of fused-ring (bicyclic) bond motifs is 8. The highest BCUT2D eigenvalue weighted by atomic mass is 32.1. The SMILES string of the molecule is CCCCCCC1(CCCCCC)c2ccccc2-c2ccc(-c3sc(-c4sc(-c5ccc6c(c5)C(CCCCCC)(CCCCCC)c5ccccc5-6)c5c4C4C=CC5CC4)c4c3C3C=CC4CC3)cc21. The lowest BCUT2D eigenvalue weighted by atomic mass is 9.68. The Labute approximate surface area is 442 Å². The number of allylic oxidation sites excluding steroid dienone is 4. The van der Waals surface area contributed by atoms with Crippen molar-refractivity contribution in [2.45, 2.75) is 216 Å². The van der Waals surface area contributed by atoms with E-state index in [1.807, 2.05) is 0 Å². The Balaban J connectivity index is 0.999. The Morgan fingerprint density at radius 1 is 0.347 bits per heavy atom. The van der Waals surface area contributed by atoms with Crippen molar-refractivity contribution in [3.8, 4) is 52.9 Å². The lowest BCUT2D eigenvalue weighted by Gasteiger charge is -2.35. The molecular formula is C70H82S2. The van der Waals surface area contributed by atoms with Gasteiger partial charge >= 0.3 is 0 Å². The van der Waals surface area contributed by atoms with Crippen molar-refractivity contribution in [1.29, 1.82) is 0 Å². The summed E-state index contributed by atoms with van der Waals surface area (Å²) in [5.41, 5.74) is 22.5. The quantitative estimate of drug-likeness (QED) is 0.0443. The minimum Gasteiger partial charge on any atom is -0.134 e. The Hall–Kier alpha value is -4.24. The minimum absolute atomic E-state index is 0.0929. The molecule has 0 amide bonds. The van der Waals surface area contributed by atoms with Crippen LogP contribution in [0.15, 0.2) is 109 Å². The molecule has 4 unspecified atom stereocenters. The van der Waals surface area contributed by atoms with Crippen molar-refractivity contribution in [2.75, 3.05) is 0 Å². The first-order valence-electron chi connectivity index (χ1n) is 29.7. The van der Waals surface area contributed by atoms with Crippen LogP contribution in [0.4, 0.5) is 0 Å². The highest BCUT2D eigenvalue weighted by Gasteiger charge is 2.46. The summed E-state index contributed by atoms with van der Waals surface area (Å²) < 4.78 is 0. The molecule has 2 heterocycles. The second-order valence-corrected chi connectivity index (χ2v) is 25.6. The van der Waals surface area contributed by atoms with Crippen LogP contribution >= 0.6 is 22.7 Å². The average molecular weight is 988 g/mol. The fraction of sp³-hybridized carbons (Fsp3) is 0.486. The Kier molecular flexibility index (Phi) is 14.1. The van der Waals surface area contributed by atoms with Gasteiger partial charge in [0.1, 0.15) is 0 Å². The van der Waals surface area contributed by atoms with Gasteiger partial charge in [-0.25, -0.2) is 0 Å². The van der Waals surface area contributed by atoms with Gasteiger partial charge in [0.05, 0.1) is 0 Å². The van der Waals surface area contributed by atoms with E-state index in [4.69, 9.17) is 0 Å². The molecule has 4 aromatic carbocycles. The summed E-state index contributed by atoms with van der Waals surface area (Å²) in [6, 6.07) is 35.0. The molecule has 2 aromatic heterocycles. The van der Waals surface area contributed by atoms with E-state index >= 15 is 0 Å². The van der Waals surface area contributed by atoms with Crippen molar-refractivity contribution in [2.24, 2.45) is 0 Å². The third kappa shape index (κ3) is 8.17. The summed E-state index contributed by atoms with van der Waals surface area (Å²) in [4.78, 5) is 6.40. The second kappa shape index (κ2) is 20.8. The van der Waals surface area contributed by atoms with Crippen molar-refractivity contribution >= 4 is 22.7 Å². The van der Waals surface area contributed by atoms with Gasteiger partial charge in [-0.15, -0.1) is 22.7 Å². The highest BCUT2D eigenvalue weighted by Crippen LogP contribution is 2.64. The van der Waals surface area contributed by atoms with Gasteiger partial charge in [-0.3, -0.25) is 0 Å². The number of unbranched alkanes of at least 4 members (excludes halogenated alkanes) is 12. The van der Waals surface area contributed by atoms with E-state index in [1.165, 1.54) is 187 Å². The van der Waals surface area contributed by atoms with Crippen LogP contribution in [-0.2, 0) is 10.8 Å². The molecule has 8 aliphatic rings. The van der Waals surface area contributed by atoms with Crippen LogP contribution in [0.3, 0.4) is 0 Å². The molecule has 0 nitrogen and oxygen atoms in total. The largest absolute Gasteiger partial charge is 0.134 e. The van der Waals surface area contributed by atoms with E-state index < -0.39 is 0 Å². The molecule has 0 saturated carbocycles. The van der Waals surface area contributed by atoms with Crippen LogP contribution < -0.4 is 0 Å². The summed E-state index contributed by atoms with van der Waals surface area (Å²) in [5, 5.41) is 0. The summed E-state index contributed by atoms with van der Waals surface area (Å²) in [6.07, 6.45) is 41.8. The molecule has 8 aliphatic carbocycles. The third-order valence-corrected chi connectivity index (χ3v) is 22.0. The molecule has 0 N–H and O–H groups in total. The zero-order valence-electron chi connectivity index (χ0n) is 44.5. The first-order valence-corrected chi connectivity index (χ1v) is 31.4. The second-order valence-electron chi connectivity index (χ2n) is 23.5. The Morgan fingerprint density at radius 2 is 0.667 bits per heavy atom. The zero-order valence-corrected chi connectivity index (χ0v) is 46.1. The summed E-state index contributed by atoms with van der Waals surface area (Å²) in [7, 11) is 0. The van der Waals surface area contributed by atoms with Gasteiger partial charge in [0.25, 0.3) is 0 Å². The predicted octanol–water partition coefficient (Wildman–Crippen LogP) is 22.3. The molecule has 0 aliphatic heterocycles. The lowest BCUT2D eigenvalue weighted by molar-refractivity contribution is 0.401. The number of hydrogen-bond acceptors (Lipinski definition) is 2. The predicted molar refractivity (Wildman–Crippen MR) is 314 cm³/mol. The third-order valence-electron chi connectivity index (χ3n) is 19.3. The maximum Gasteiger partial charge on any atom is 0.0493 e. The topological polar surface area (TPSA) is 0 Å². The van der Waals surface area contributed by atoms with Crippen LogP contribution in [0.1, 0.15) is 250 Å². The number of hydrogen-bond donors (Lipinski definition) is 0. The number of benzene rings is 4. The highest BCUT2D eigenvalue weighted by molar-refractivity contribution is 7.25. The average Bonchev–Trinajstić information content (AvgIpc) is 4.18.